The van der Waals surface area contributed by atoms with Gasteiger partial charge in [0.15, 0.2) is 24.8 Å². The van der Waals surface area contributed by atoms with Crippen LogP contribution in [0.2, 0.25) is 0 Å². The van der Waals surface area contributed by atoms with Crippen molar-refractivity contribution in [1.82, 2.24) is 9.80 Å². The zero-order chi connectivity index (χ0) is 70.3. The van der Waals surface area contributed by atoms with E-state index in [1.54, 1.807) is 9.80 Å². The summed E-state index contributed by atoms with van der Waals surface area (Å²) in [6.07, 6.45) is 61.8. The summed E-state index contributed by atoms with van der Waals surface area (Å²) in [5.74, 6) is -1.03. The standard InChI is InChI=1S/C84H164N2O11/c1-5-9-13-17-21-25-29-33-37-41-45-49-53-57-61-65-69-85(70-66-62-58-54-50-46-42-38-34-30-26-22-18-14-10-6-2)81(93)79-75(89)73(87)77(91)83(95-79)97-84-78(92)74(88)76(90)80(96-84)82(94)86(71-67-63-59-55-51-47-43-39-35-31-27-23-19-15-11-7-3)72-68-64-60-56-52-48-44-40-36-32-28-24-20-16-12-8-4/h73-80,83-84,87-92H,5-72H2,1-4H3/t73-,74-,75-,76-,77+,78+,79-,80-,83+,84+/m0/s1. The second-order valence-electron chi connectivity index (χ2n) is 30.8. The van der Waals surface area contributed by atoms with E-state index >= 15 is 0 Å². The number of aliphatic hydroxyl groups excluding tert-OH is 6. The van der Waals surface area contributed by atoms with Gasteiger partial charge in [-0.05, 0) is 25.7 Å². The third-order valence-electron chi connectivity index (χ3n) is 21.6. The number of aliphatic hydroxyl groups is 6. The molecular formula is C84H164N2O11. The lowest BCUT2D eigenvalue weighted by Crippen LogP contribution is -2.66. The van der Waals surface area contributed by atoms with Crippen molar-refractivity contribution in [2.45, 2.75) is 500 Å². The molecule has 2 aliphatic heterocycles. The summed E-state index contributed by atoms with van der Waals surface area (Å²) < 4.78 is 18.3. The highest BCUT2D eigenvalue weighted by atomic mass is 16.8. The second kappa shape index (κ2) is 66.5. The van der Waals surface area contributed by atoms with Crippen LogP contribution in [0.5, 0.6) is 0 Å². The van der Waals surface area contributed by atoms with Gasteiger partial charge in [-0.1, -0.05) is 413 Å². The third-order valence-corrected chi connectivity index (χ3v) is 21.6. The molecule has 97 heavy (non-hydrogen) atoms. The number of amides is 2. The maximum atomic E-state index is 14.7. The Morgan fingerprint density at radius 2 is 0.371 bits per heavy atom. The first-order valence-electron chi connectivity index (χ1n) is 43.2. The maximum absolute atomic E-state index is 14.7. The third kappa shape index (κ3) is 47.5. The normalized spacial score (nSPS) is 21.3. The van der Waals surface area contributed by atoms with Crippen LogP contribution in [0, 0.1) is 0 Å². The van der Waals surface area contributed by atoms with Gasteiger partial charge in [-0.3, -0.25) is 9.59 Å². The number of ether oxygens (including phenoxy) is 3. The van der Waals surface area contributed by atoms with Crippen LogP contribution in [0.15, 0.2) is 0 Å². The molecule has 0 unspecified atom stereocenters. The van der Waals surface area contributed by atoms with Crippen LogP contribution in [0.4, 0.5) is 0 Å². The second-order valence-corrected chi connectivity index (χ2v) is 30.8. The first-order valence-corrected chi connectivity index (χ1v) is 43.2. The summed E-state index contributed by atoms with van der Waals surface area (Å²) in [4.78, 5) is 32.8. The molecule has 0 bridgehead atoms. The highest BCUT2D eigenvalue weighted by Gasteiger charge is 2.53. The minimum absolute atomic E-state index is 0.459. The Morgan fingerprint density at radius 1 is 0.227 bits per heavy atom. The Morgan fingerprint density at radius 3 is 0.526 bits per heavy atom. The fourth-order valence-electron chi connectivity index (χ4n) is 14.9. The minimum atomic E-state index is -1.87. The number of rotatable bonds is 72. The van der Waals surface area contributed by atoms with Gasteiger partial charge in [0.1, 0.15) is 36.6 Å². The molecule has 576 valence electrons. The number of unbranched alkanes of at least 4 members (excludes halogenated alkanes) is 60. The molecule has 0 aromatic rings. The topological polar surface area (TPSA) is 190 Å². The first kappa shape index (κ1) is 91.7. The molecule has 10 atom stereocenters. The summed E-state index contributed by atoms with van der Waals surface area (Å²) in [7, 11) is 0. The van der Waals surface area contributed by atoms with Crippen molar-refractivity contribution in [2.24, 2.45) is 0 Å². The van der Waals surface area contributed by atoms with Crippen LogP contribution in [-0.2, 0) is 23.8 Å². The first-order chi connectivity index (χ1) is 47.5. The van der Waals surface area contributed by atoms with Crippen LogP contribution in [0.25, 0.3) is 0 Å². The van der Waals surface area contributed by atoms with E-state index in [-0.39, 0.29) is 0 Å². The lowest BCUT2D eigenvalue weighted by atomic mass is 9.96. The van der Waals surface area contributed by atoms with Crippen LogP contribution in [0.3, 0.4) is 0 Å². The van der Waals surface area contributed by atoms with Gasteiger partial charge < -0.3 is 54.6 Å². The lowest BCUT2D eigenvalue weighted by Gasteiger charge is -2.45. The highest BCUT2D eigenvalue weighted by molar-refractivity contribution is 5.82. The Labute approximate surface area is 599 Å². The van der Waals surface area contributed by atoms with Gasteiger partial charge >= 0.3 is 0 Å². The Kier molecular flexibility index (Phi) is 62.9. The maximum Gasteiger partial charge on any atom is 0.254 e. The number of carbonyl (C=O) groups is 2. The summed E-state index contributed by atoms with van der Waals surface area (Å²) in [5, 5.41) is 68.4. The van der Waals surface area contributed by atoms with Crippen molar-refractivity contribution in [2.75, 3.05) is 26.2 Å². The van der Waals surface area contributed by atoms with Gasteiger partial charge in [-0.15, -0.1) is 0 Å². The SMILES string of the molecule is CCCCCCCCCCCCCCCCCCN(CCCCCCCCCCCCCCCCCC)C(=O)[C@H]1O[C@H](O[C@H]2O[C@H](C(=O)N(CCCCCCCCCCCCCCCCCC)CCCCCCCCCCCCCCCCCC)[C@@H](O)[C@H](O)[C@H]2O)[C@H](O)[C@@H](O)[C@@H]1O. The van der Waals surface area contributed by atoms with Gasteiger partial charge in [0.2, 0.25) is 0 Å². The van der Waals surface area contributed by atoms with Gasteiger partial charge in [-0.25, -0.2) is 0 Å². The molecule has 2 fully saturated rings. The van der Waals surface area contributed by atoms with E-state index in [1.807, 2.05) is 0 Å². The van der Waals surface area contributed by atoms with Crippen molar-refractivity contribution < 1.29 is 54.4 Å². The molecule has 2 rings (SSSR count). The molecule has 13 nitrogen and oxygen atoms in total. The Hall–Kier alpha value is -1.42. The molecule has 2 heterocycles. The minimum Gasteiger partial charge on any atom is -0.387 e. The van der Waals surface area contributed by atoms with E-state index in [4.69, 9.17) is 14.2 Å². The molecule has 13 heteroatoms. The average Bonchev–Trinajstić information content (AvgIpc) is 0.789. The fourth-order valence-corrected chi connectivity index (χ4v) is 14.9. The van der Waals surface area contributed by atoms with Gasteiger partial charge in [-0.2, -0.15) is 0 Å². The molecule has 0 aliphatic carbocycles. The Bertz CT molecular complexity index is 1510. The van der Waals surface area contributed by atoms with Gasteiger partial charge in [0.25, 0.3) is 11.8 Å². The lowest BCUT2D eigenvalue weighted by molar-refractivity contribution is -0.367. The molecule has 2 aliphatic rings. The van der Waals surface area contributed by atoms with Crippen LogP contribution < -0.4 is 0 Å². The molecule has 2 amide bonds. The van der Waals surface area contributed by atoms with E-state index in [2.05, 4.69) is 27.7 Å². The van der Waals surface area contributed by atoms with Crippen molar-refractivity contribution in [3.05, 3.63) is 0 Å². The van der Waals surface area contributed by atoms with E-state index in [0.29, 0.717) is 26.2 Å². The monoisotopic (exact) mass is 1380 g/mol. The predicted molar refractivity (Wildman–Crippen MR) is 406 cm³/mol. The van der Waals surface area contributed by atoms with E-state index in [0.717, 1.165) is 103 Å². The zero-order valence-electron chi connectivity index (χ0n) is 64.5. The largest absolute Gasteiger partial charge is 0.387 e. The van der Waals surface area contributed by atoms with E-state index in [9.17, 15) is 40.2 Å². The molecular weight excluding hydrogens is 1210 g/mol. The summed E-state index contributed by atoms with van der Waals surface area (Å²) >= 11 is 0. The smallest absolute Gasteiger partial charge is 0.254 e. The Balaban J connectivity index is 2.06. The molecule has 0 spiro atoms. The number of hydrogen-bond acceptors (Lipinski definition) is 11. The van der Waals surface area contributed by atoms with Crippen LogP contribution in [0.1, 0.15) is 439 Å². The predicted octanol–water partition coefficient (Wildman–Crippen LogP) is 21.3. The molecule has 0 aromatic heterocycles. The van der Waals surface area contributed by atoms with Crippen molar-refractivity contribution in [3.8, 4) is 0 Å². The van der Waals surface area contributed by atoms with Gasteiger partial charge in [0.05, 0.1) is 0 Å². The average molecular weight is 1380 g/mol. The van der Waals surface area contributed by atoms with Crippen LogP contribution in [-0.4, -0.2) is 140 Å². The van der Waals surface area contributed by atoms with Crippen molar-refractivity contribution >= 4 is 11.8 Å². The number of nitrogens with zero attached hydrogens (tertiary/aromatic N) is 2. The highest BCUT2D eigenvalue weighted by Crippen LogP contribution is 2.31. The summed E-state index contributed by atoms with van der Waals surface area (Å²) in [6, 6.07) is 0. The molecule has 0 saturated carbocycles. The summed E-state index contributed by atoms with van der Waals surface area (Å²) in [6.45, 7) is 10.9. The van der Waals surface area contributed by atoms with Crippen molar-refractivity contribution in [1.29, 1.82) is 0 Å². The fraction of sp³-hybridized carbons (Fsp3) is 0.976. The summed E-state index contributed by atoms with van der Waals surface area (Å²) in [5.41, 5.74) is 0. The number of hydrogen-bond donors (Lipinski definition) is 6. The quantitative estimate of drug-likeness (QED) is 0.0318. The molecule has 6 N–H and O–H groups in total. The van der Waals surface area contributed by atoms with E-state index < -0.39 is 73.2 Å². The molecule has 0 aromatic carbocycles. The molecule has 0 radical (unpaired) electrons. The van der Waals surface area contributed by atoms with Crippen LogP contribution >= 0.6 is 0 Å². The van der Waals surface area contributed by atoms with E-state index in [1.165, 1.54) is 308 Å². The molecule has 2 saturated heterocycles. The van der Waals surface area contributed by atoms with Crippen molar-refractivity contribution in [3.63, 3.8) is 0 Å². The zero-order valence-corrected chi connectivity index (χ0v) is 64.5. The number of carbonyl (C=O) groups excluding carboxylic acids is 2. The van der Waals surface area contributed by atoms with Gasteiger partial charge in [0, 0.05) is 26.2 Å².